The lowest BCUT2D eigenvalue weighted by Crippen LogP contribution is -1.93. The zero-order chi connectivity index (χ0) is 12.7. The van der Waals surface area contributed by atoms with Crippen LogP contribution in [-0.4, -0.2) is 4.57 Å². The summed E-state index contributed by atoms with van der Waals surface area (Å²) in [4.78, 5) is 0. The van der Waals surface area contributed by atoms with Gasteiger partial charge in [0.05, 0.1) is 5.52 Å². The van der Waals surface area contributed by atoms with Gasteiger partial charge in [-0.2, -0.15) is 0 Å². The van der Waals surface area contributed by atoms with E-state index >= 15 is 0 Å². The molecule has 0 atom stereocenters. The molecule has 0 N–H and O–H groups in total. The Hall–Kier alpha value is -2.02. The van der Waals surface area contributed by atoms with E-state index in [0.29, 0.717) is 0 Å². The van der Waals surface area contributed by atoms with Gasteiger partial charge in [-0.05, 0) is 37.1 Å². The molecule has 90 valence electrons. The maximum atomic E-state index is 2.29. The van der Waals surface area contributed by atoms with Crippen LogP contribution >= 0.6 is 0 Å². The Balaban J connectivity index is 2.33. The monoisotopic (exact) mass is 235 g/mol. The van der Waals surface area contributed by atoms with Gasteiger partial charge in [0.2, 0.25) is 0 Å². The maximum absolute atomic E-state index is 2.29. The van der Waals surface area contributed by atoms with Crippen LogP contribution in [0.15, 0.2) is 48.5 Å². The van der Waals surface area contributed by atoms with E-state index in [4.69, 9.17) is 0 Å². The topological polar surface area (TPSA) is 4.93 Å². The molecule has 0 saturated heterocycles. The summed E-state index contributed by atoms with van der Waals surface area (Å²) in [5, 5.41) is 1.33. The highest BCUT2D eigenvalue weighted by Crippen LogP contribution is 2.29. The molecule has 0 bridgehead atoms. The van der Waals surface area contributed by atoms with Gasteiger partial charge in [-0.1, -0.05) is 42.0 Å². The first-order valence-electron chi connectivity index (χ1n) is 6.29. The van der Waals surface area contributed by atoms with Gasteiger partial charge >= 0.3 is 0 Å². The molecule has 0 aliphatic rings. The largest absolute Gasteiger partial charge is 0.343 e. The number of hydrogen-bond acceptors (Lipinski definition) is 0. The fourth-order valence-corrected chi connectivity index (χ4v) is 2.81. The number of rotatable bonds is 1. The van der Waals surface area contributed by atoms with Crippen LogP contribution in [0.5, 0.6) is 0 Å². The van der Waals surface area contributed by atoms with Gasteiger partial charge in [-0.3, -0.25) is 0 Å². The summed E-state index contributed by atoms with van der Waals surface area (Å²) in [5.41, 5.74) is 6.55. The first-order chi connectivity index (χ1) is 8.66. The number of aryl methyl sites for hydroxylation is 3. The van der Waals surface area contributed by atoms with Crippen LogP contribution in [0.2, 0.25) is 0 Å². The molecule has 0 fully saturated rings. The quantitative estimate of drug-likeness (QED) is 0.586. The van der Waals surface area contributed by atoms with Crippen molar-refractivity contribution < 1.29 is 0 Å². The molecule has 18 heavy (non-hydrogen) atoms. The highest BCUT2D eigenvalue weighted by Gasteiger charge is 2.09. The Kier molecular flexibility index (Phi) is 2.48. The molecular weight excluding hydrogens is 218 g/mol. The van der Waals surface area contributed by atoms with Gasteiger partial charge in [0, 0.05) is 18.1 Å². The molecule has 1 nitrogen and oxygen atoms in total. The minimum absolute atomic E-state index is 1.27. The Bertz CT molecular complexity index is 705. The number of aromatic nitrogens is 1. The van der Waals surface area contributed by atoms with Crippen molar-refractivity contribution in [3.05, 3.63) is 59.7 Å². The van der Waals surface area contributed by atoms with Gasteiger partial charge in [-0.15, -0.1) is 0 Å². The van der Waals surface area contributed by atoms with Gasteiger partial charge in [0.25, 0.3) is 0 Å². The van der Waals surface area contributed by atoms with Crippen molar-refractivity contribution in [2.75, 3.05) is 0 Å². The van der Waals surface area contributed by atoms with Crippen molar-refractivity contribution in [3.63, 3.8) is 0 Å². The van der Waals surface area contributed by atoms with Crippen LogP contribution in [0.1, 0.15) is 11.1 Å². The van der Waals surface area contributed by atoms with Crippen LogP contribution in [0.4, 0.5) is 0 Å². The SMILES string of the molecule is Cc1cc(C)c2c(c1)cc(-c1ccccc1)n2C. The molecule has 0 aliphatic heterocycles. The summed E-state index contributed by atoms with van der Waals surface area (Å²) < 4.78 is 2.29. The summed E-state index contributed by atoms with van der Waals surface area (Å²) in [6.45, 7) is 4.34. The number of nitrogens with zero attached hydrogens (tertiary/aromatic N) is 1. The molecule has 0 saturated carbocycles. The van der Waals surface area contributed by atoms with E-state index < -0.39 is 0 Å². The average Bonchev–Trinajstić information content (AvgIpc) is 2.67. The molecule has 0 radical (unpaired) electrons. The van der Waals surface area contributed by atoms with Crippen LogP contribution < -0.4 is 0 Å². The van der Waals surface area contributed by atoms with Gasteiger partial charge in [0.1, 0.15) is 0 Å². The predicted molar refractivity (Wildman–Crippen MR) is 77.8 cm³/mol. The van der Waals surface area contributed by atoms with Gasteiger partial charge < -0.3 is 4.57 Å². The summed E-state index contributed by atoms with van der Waals surface area (Å²) >= 11 is 0. The van der Waals surface area contributed by atoms with Crippen LogP contribution in [0.25, 0.3) is 22.2 Å². The second kappa shape index (κ2) is 4.02. The smallest absolute Gasteiger partial charge is 0.0512 e. The second-order valence-electron chi connectivity index (χ2n) is 4.97. The summed E-state index contributed by atoms with van der Waals surface area (Å²) in [7, 11) is 2.15. The Morgan fingerprint density at radius 3 is 2.33 bits per heavy atom. The molecule has 0 amide bonds. The Labute approximate surface area is 108 Å². The molecule has 3 aromatic rings. The third-order valence-electron chi connectivity index (χ3n) is 3.53. The van der Waals surface area contributed by atoms with E-state index in [0.717, 1.165) is 0 Å². The molecule has 1 heterocycles. The summed E-state index contributed by atoms with van der Waals surface area (Å²) in [6.07, 6.45) is 0. The van der Waals surface area contributed by atoms with E-state index in [-0.39, 0.29) is 0 Å². The lowest BCUT2D eigenvalue weighted by atomic mass is 10.1. The third kappa shape index (κ3) is 1.63. The minimum atomic E-state index is 1.27. The van der Waals surface area contributed by atoms with Crippen molar-refractivity contribution in [2.24, 2.45) is 7.05 Å². The second-order valence-corrected chi connectivity index (χ2v) is 4.97. The van der Waals surface area contributed by atoms with E-state index in [1.54, 1.807) is 0 Å². The number of fused-ring (bicyclic) bond motifs is 1. The number of benzene rings is 2. The van der Waals surface area contributed by atoms with E-state index in [9.17, 15) is 0 Å². The van der Waals surface area contributed by atoms with Crippen molar-refractivity contribution >= 4 is 10.9 Å². The molecule has 3 rings (SSSR count). The predicted octanol–water partition coefficient (Wildman–Crippen LogP) is 4.46. The van der Waals surface area contributed by atoms with Crippen LogP contribution in [-0.2, 0) is 7.05 Å². The van der Waals surface area contributed by atoms with Crippen molar-refractivity contribution in [1.82, 2.24) is 4.57 Å². The maximum Gasteiger partial charge on any atom is 0.0512 e. The van der Waals surface area contributed by atoms with E-state index in [1.807, 2.05) is 0 Å². The van der Waals surface area contributed by atoms with E-state index in [1.165, 1.54) is 33.3 Å². The molecule has 0 unspecified atom stereocenters. The zero-order valence-corrected chi connectivity index (χ0v) is 11.1. The molecule has 1 heteroatoms. The average molecular weight is 235 g/mol. The number of hydrogen-bond donors (Lipinski definition) is 0. The van der Waals surface area contributed by atoms with Gasteiger partial charge in [0.15, 0.2) is 0 Å². The molecule has 2 aromatic carbocycles. The van der Waals surface area contributed by atoms with Crippen molar-refractivity contribution in [1.29, 1.82) is 0 Å². The highest BCUT2D eigenvalue weighted by molar-refractivity contribution is 5.89. The van der Waals surface area contributed by atoms with Crippen LogP contribution in [0, 0.1) is 13.8 Å². The zero-order valence-electron chi connectivity index (χ0n) is 11.1. The Morgan fingerprint density at radius 1 is 0.889 bits per heavy atom. The summed E-state index contributed by atoms with van der Waals surface area (Å²) in [6, 6.07) is 17.3. The summed E-state index contributed by atoms with van der Waals surface area (Å²) in [5.74, 6) is 0. The minimum Gasteiger partial charge on any atom is -0.343 e. The fraction of sp³-hybridized carbons (Fsp3) is 0.176. The fourth-order valence-electron chi connectivity index (χ4n) is 2.81. The van der Waals surface area contributed by atoms with Crippen molar-refractivity contribution in [2.45, 2.75) is 13.8 Å². The molecule has 0 aliphatic carbocycles. The lowest BCUT2D eigenvalue weighted by molar-refractivity contribution is 0.973. The highest BCUT2D eigenvalue weighted by atomic mass is 14.9. The Morgan fingerprint density at radius 2 is 1.61 bits per heavy atom. The first-order valence-corrected chi connectivity index (χ1v) is 6.29. The molecule has 1 aromatic heterocycles. The molecule has 0 spiro atoms. The first kappa shape index (κ1) is 11.1. The lowest BCUT2D eigenvalue weighted by Gasteiger charge is -2.06. The van der Waals surface area contributed by atoms with E-state index in [2.05, 4.69) is 74.0 Å². The third-order valence-corrected chi connectivity index (χ3v) is 3.53. The standard InChI is InChI=1S/C17H17N/c1-12-9-13(2)17-15(10-12)11-16(18(17)3)14-7-5-4-6-8-14/h4-11H,1-3H3. The normalized spacial score (nSPS) is 11.1. The van der Waals surface area contributed by atoms with Gasteiger partial charge in [-0.25, -0.2) is 0 Å². The van der Waals surface area contributed by atoms with Crippen molar-refractivity contribution in [3.8, 4) is 11.3 Å². The molecular formula is C17H17N. The van der Waals surface area contributed by atoms with Crippen LogP contribution in [0.3, 0.4) is 0 Å².